The highest BCUT2D eigenvalue weighted by molar-refractivity contribution is 6.19. The molecular weight excluding hydrogens is 364 g/mol. The van der Waals surface area contributed by atoms with E-state index in [1.165, 1.54) is 6.42 Å². The van der Waals surface area contributed by atoms with Crippen LogP contribution in [0.4, 0.5) is 17.1 Å². The Kier molecular flexibility index (Phi) is 5.21. The number of nitrogens with zero attached hydrogens (tertiary/aromatic N) is 4. The molecule has 1 saturated heterocycles. The van der Waals surface area contributed by atoms with E-state index in [1.54, 1.807) is 4.90 Å². The predicted molar refractivity (Wildman–Crippen MR) is 116 cm³/mol. The van der Waals surface area contributed by atoms with Crippen molar-refractivity contribution < 1.29 is 9.59 Å². The number of para-hydroxylation sites is 2. The number of benzene rings is 1. The molecule has 2 aliphatic heterocycles. The normalized spacial score (nSPS) is 17.3. The number of aromatic nitrogens is 1. The van der Waals surface area contributed by atoms with Crippen LogP contribution in [-0.4, -0.2) is 47.0 Å². The highest BCUT2D eigenvalue weighted by atomic mass is 16.2. The first-order chi connectivity index (χ1) is 13.9. The maximum absolute atomic E-state index is 13.6. The van der Waals surface area contributed by atoms with E-state index >= 15 is 0 Å². The molecule has 2 aromatic rings. The average Bonchev–Trinajstić information content (AvgIpc) is 2.90. The van der Waals surface area contributed by atoms with Crippen LogP contribution in [0.2, 0.25) is 0 Å². The van der Waals surface area contributed by atoms with Gasteiger partial charge in [-0.25, -0.2) is 0 Å². The maximum atomic E-state index is 13.6. The summed E-state index contributed by atoms with van der Waals surface area (Å²) in [4.78, 5) is 33.1. The number of piperidine rings is 1. The second-order valence-corrected chi connectivity index (χ2v) is 8.44. The zero-order chi connectivity index (χ0) is 20.7. The van der Waals surface area contributed by atoms with Gasteiger partial charge in [0.25, 0.3) is 5.91 Å². The second-order valence-electron chi connectivity index (χ2n) is 8.44. The van der Waals surface area contributed by atoms with Crippen LogP contribution in [0.3, 0.4) is 0 Å². The smallest absolute Gasteiger partial charge is 0.277 e. The summed E-state index contributed by atoms with van der Waals surface area (Å²) >= 11 is 0. The number of amides is 2. The summed E-state index contributed by atoms with van der Waals surface area (Å²) in [6.07, 6.45) is 5.45. The number of rotatable bonds is 3. The molecule has 0 radical (unpaired) electrons. The Hall–Kier alpha value is -2.60. The summed E-state index contributed by atoms with van der Waals surface area (Å²) in [5.74, 6) is -0.0420. The minimum Gasteiger partial charge on any atom is -0.345 e. The summed E-state index contributed by atoms with van der Waals surface area (Å²) in [7, 11) is 1.88. The molecule has 1 aromatic heterocycles. The fourth-order valence-electron chi connectivity index (χ4n) is 4.66. The van der Waals surface area contributed by atoms with Crippen molar-refractivity contribution in [1.82, 2.24) is 9.47 Å². The van der Waals surface area contributed by atoms with Crippen LogP contribution in [0.15, 0.2) is 30.5 Å². The van der Waals surface area contributed by atoms with Gasteiger partial charge >= 0.3 is 0 Å². The molecule has 4 rings (SSSR count). The lowest BCUT2D eigenvalue weighted by molar-refractivity contribution is -0.119. The zero-order valence-electron chi connectivity index (χ0n) is 17.8. The van der Waals surface area contributed by atoms with Crippen molar-refractivity contribution in [2.24, 2.45) is 7.05 Å². The quantitative estimate of drug-likeness (QED) is 0.794. The Bertz CT molecular complexity index is 940. The van der Waals surface area contributed by atoms with Gasteiger partial charge < -0.3 is 9.47 Å². The molecule has 2 amide bonds. The number of hydrogen-bond donors (Lipinski definition) is 0. The van der Waals surface area contributed by atoms with Crippen LogP contribution in [0.5, 0.6) is 0 Å². The van der Waals surface area contributed by atoms with Crippen molar-refractivity contribution in [3.63, 3.8) is 0 Å². The van der Waals surface area contributed by atoms with Crippen LogP contribution in [0.25, 0.3) is 0 Å². The van der Waals surface area contributed by atoms with Gasteiger partial charge in [0.05, 0.1) is 23.6 Å². The number of carbonyl (C=O) groups excluding carboxylic acids is 2. The van der Waals surface area contributed by atoms with E-state index in [1.807, 2.05) is 67.7 Å². The van der Waals surface area contributed by atoms with Gasteiger partial charge in [0.1, 0.15) is 5.69 Å². The minimum atomic E-state index is -0.0636. The second kappa shape index (κ2) is 7.67. The zero-order valence-corrected chi connectivity index (χ0v) is 17.8. The number of aryl methyl sites for hydroxylation is 2. The fourth-order valence-corrected chi connectivity index (χ4v) is 4.66. The molecule has 6 heteroatoms. The molecule has 0 N–H and O–H groups in total. The van der Waals surface area contributed by atoms with Gasteiger partial charge in [0.2, 0.25) is 5.91 Å². The number of likely N-dealkylation sites (tertiary alicyclic amines) is 1. The van der Waals surface area contributed by atoms with Gasteiger partial charge in [-0.05, 0) is 64.4 Å². The van der Waals surface area contributed by atoms with Gasteiger partial charge in [-0.3, -0.25) is 19.4 Å². The van der Waals surface area contributed by atoms with Crippen LogP contribution >= 0.6 is 0 Å². The third-order valence-corrected chi connectivity index (χ3v) is 5.94. The molecule has 29 heavy (non-hydrogen) atoms. The van der Waals surface area contributed by atoms with Crippen molar-refractivity contribution in [2.45, 2.75) is 46.1 Å². The molecule has 0 unspecified atom stereocenters. The molecule has 1 fully saturated rings. The maximum Gasteiger partial charge on any atom is 0.277 e. The Morgan fingerprint density at radius 1 is 1.07 bits per heavy atom. The summed E-state index contributed by atoms with van der Waals surface area (Å²) < 4.78 is 1.86. The fraction of sp³-hybridized carbons (Fsp3) is 0.478. The third-order valence-electron chi connectivity index (χ3n) is 5.94. The first-order valence-corrected chi connectivity index (χ1v) is 10.5. The monoisotopic (exact) mass is 394 g/mol. The van der Waals surface area contributed by atoms with Crippen molar-refractivity contribution in [3.05, 3.63) is 41.7 Å². The third kappa shape index (κ3) is 3.35. The largest absolute Gasteiger partial charge is 0.345 e. The van der Waals surface area contributed by atoms with Crippen LogP contribution < -0.4 is 9.80 Å². The molecule has 154 valence electrons. The lowest BCUT2D eigenvalue weighted by atomic mass is 10.1. The van der Waals surface area contributed by atoms with Crippen LogP contribution in [-0.2, 0) is 11.8 Å². The Morgan fingerprint density at radius 2 is 1.72 bits per heavy atom. The van der Waals surface area contributed by atoms with Crippen molar-refractivity contribution in [3.8, 4) is 0 Å². The van der Waals surface area contributed by atoms with Crippen LogP contribution in [0, 0.1) is 6.92 Å². The summed E-state index contributed by atoms with van der Waals surface area (Å²) in [6.45, 7) is 8.28. The van der Waals surface area contributed by atoms with Gasteiger partial charge in [0, 0.05) is 19.3 Å². The van der Waals surface area contributed by atoms with E-state index in [0.29, 0.717) is 12.2 Å². The van der Waals surface area contributed by atoms with Gasteiger partial charge in [-0.1, -0.05) is 18.6 Å². The summed E-state index contributed by atoms with van der Waals surface area (Å²) in [5, 5.41) is 0. The average molecular weight is 395 g/mol. The molecule has 6 nitrogen and oxygen atoms in total. The lowest BCUT2D eigenvalue weighted by Crippen LogP contribution is -2.40. The molecule has 0 atom stereocenters. The van der Waals surface area contributed by atoms with Gasteiger partial charge in [-0.2, -0.15) is 0 Å². The molecule has 0 spiro atoms. The Morgan fingerprint density at radius 3 is 2.38 bits per heavy atom. The molecule has 1 aromatic carbocycles. The highest BCUT2D eigenvalue weighted by Gasteiger charge is 2.38. The SMILES string of the molecule is Cc1cn(C)c2c1N(C(=O)CN1CCCCC1)c1ccccc1N(C(C)C)C2=O. The lowest BCUT2D eigenvalue weighted by Gasteiger charge is -2.31. The molecule has 0 saturated carbocycles. The number of anilines is 3. The van der Waals surface area contributed by atoms with E-state index in [2.05, 4.69) is 4.90 Å². The predicted octanol–water partition coefficient (Wildman–Crippen LogP) is 3.85. The van der Waals surface area contributed by atoms with Crippen molar-refractivity contribution in [1.29, 1.82) is 0 Å². The number of carbonyl (C=O) groups is 2. The van der Waals surface area contributed by atoms with Crippen LogP contribution in [0.1, 0.15) is 49.2 Å². The molecule has 3 heterocycles. The van der Waals surface area contributed by atoms with E-state index in [0.717, 1.165) is 48.6 Å². The van der Waals surface area contributed by atoms with E-state index in [-0.39, 0.29) is 17.9 Å². The van der Waals surface area contributed by atoms with E-state index in [9.17, 15) is 9.59 Å². The van der Waals surface area contributed by atoms with E-state index < -0.39 is 0 Å². The van der Waals surface area contributed by atoms with E-state index in [4.69, 9.17) is 0 Å². The molecule has 2 aliphatic rings. The van der Waals surface area contributed by atoms with Gasteiger partial charge in [0.15, 0.2) is 0 Å². The number of hydrogen-bond acceptors (Lipinski definition) is 3. The molecular formula is C23H30N4O2. The first kappa shape index (κ1) is 19.7. The Labute approximate surface area is 172 Å². The number of fused-ring (bicyclic) bond motifs is 2. The first-order valence-electron chi connectivity index (χ1n) is 10.5. The molecule has 0 bridgehead atoms. The topological polar surface area (TPSA) is 48.8 Å². The standard InChI is InChI=1S/C23H30N4O2/c1-16(2)26-18-10-6-7-11-19(18)27(20(28)15-25-12-8-5-9-13-25)21-17(3)14-24(4)22(21)23(26)29/h6-7,10-11,14,16H,5,8-9,12-13,15H2,1-4H3. The van der Waals surface area contributed by atoms with Crippen molar-refractivity contribution >= 4 is 28.9 Å². The highest BCUT2D eigenvalue weighted by Crippen LogP contribution is 2.43. The van der Waals surface area contributed by atoms with Gasteiger partial charge in [-0.15, -0.1) is 0 Å². The van der Waals surface area contributed by atoms with Crippen molar-refractivity contribution in [2.75, 3.05) is 29.4 Å². The summed E-state index contributed by atoms with van der Waals surface area (Å²) in [5.41, 5.74) is 3.79. The Balaban J connectivity index is 1.87. The minimum absolute atomic E-state index is 0.0216. The molecule has 0 aliphatic carbocycles. The summed E-state index contributed by atoms with van der Waals surface area (Å²) in [6, 6.07) is 7.73.